The molecule has 210 valence electrons. The molecule has 1 aromatic carbocycles. The van der Waals surface area contributed by atoms with E-state index in [4.69, 9.17) is 16.6 Å². The highest BCUT2D eigenvalue weighted by Gasteiger charge is 2.32. The van der Waals surface area contributed by atoms with Gasteiger partial charge in [-0.1, -0.05) is 12.1 Å². The second kappa shape index (κ2) is 14.1. The third-order valence-electron chi connectivity index (χ3n) is 5.37. The van der Waals surface area contributed by atoms with Crippen LogP contribution < -0.4 is 27.4 Å². The summed E-state index contributed by atoms with van der Waals surface area (Å²) in [5, 5.41) is 34.8. The third-order valence-corrected chi connectivity index (χ3v) is 5.37. The number of rotatable bonds is 15. The maximum atomic E-state index is 13.2. The average Bonchev–Trinajstić information content (AvgIpc) is 3.36. The van der Waals surface area contributed by atoms with Gasteiger partial charge in [0.15, 0.2) is 0 Å². The summed E-state index contributed by atoms with van der Waals surface area (Å²) in [6.45, 7) is 0. The van der Waals surface area contributed by atoms with Gasteiger partial charge < -0.3 is 47.7 Å². The number of aromatic amines is 1. The number of carboxylic acids is 2. The molecular formula is C23H29N7O9. The number of H-pyrrole nitrogens is 1. The van der Waals surface area contributed by atoms with Crippen molar-refractivity contribution in [3.63, 3.8) is 0 Å². The summed E-state index contributed by atoms with van der Waals surface area (Å²) in [6, 6.07) is -0.374. The predicted octanol–water partition coefficient (Wildman–Crippen LogP) is -2.88. The molecule has 16 heteroatoms. The van der Waals surface area contributed by atoms with E-state index < -0.39 is 72.6 Å². The first kappa shape index (κ1) is 30.2. The van der Waals surface area contributed by atoms with Crippen LogP contribution in [0.15, 0.2) is 36.8 Å². The summed E-state index contributed by atoms with van der Waals surface area (Å²) in [6.07, 6.45) is 0.925. The number of amides is 4. The van der Waals surface area contributed by atoms with E-state index in [1.54, 1.807) is 0 Å². The van der Waals surface area contributed by atoms with Crippen LogP contribution in [0.25, 0.3) is 0 Å². The molecule has 0 saturated carbocycles. The number of carboxylic acid groups (broad SMARTS) is 2. The van der Waals surface area contributed by atoms with E-state index in [9.17, 15) is 39.0 Å². The zero-order valence-corrected chi connectivity index (χ0v) is 20.5. The highest BCUT2D eigenvalue weighted by Crippen LogP contribution is 2.12. The van der Waals surface area contributed by atoms with Crippen LogP contribution in [0.2, 0.25) is 0 Å². The van der Waals surface area contributed by atoms with Crippen LogP contribution in [-0.4, -0.2) is 85.0 Å². The standard InChI is InChI=1S/C23H29N7O9/c24-14(7-19(33)34)20(35)28-16(8-18(25)32)22(37)29-15(5-11-1-3-13(31)4-2-11)21(36)30-17(23(38)39)6-12-9-26-10-27-12/h1-4,9-10,14-17,31H,5-8,24H2,(H2,25,32)(H,26,27)(H,28,35)(H,29,37)(H,30,36)(H,33,34)(H,38,39). The number of primary amides is 1. The van der Waals surface area contributed by atoms with Crippen molar-refractivity contribution in [2.75, 3.05) is 0 Å². The number of carbonyl (C=O) groups is 6. The number of nitrogens with two attached hydrogens (primary N) is 2. The maximum absolute atomic E-state index is 13.2. The maximum Gasteiger partial charge on any atom is 0.326 e. The molecule has 16 nitrogen and oxygen atoms in total. The van der Waals surface area contributed by atoms with Crippen molar-refractivity contribution < 1.29 is 44.1 Å². The number of carbonyl (C=O) groups excluding carboxylic acids is 4. The van der Waals surface area contributed by atoms with Gasteiger partial charge in [0.05, 0.1) is 25.2 Å². The van der Waals surface area contributed by atoms with Crippen molar-refractivity contribution in [3.8, 4) is 5.75 Å². The number of phenols is 1. The summed E-state index contributed by atoms with van der Waals surface area (Å²) in [5.74, 6) is -6.78. The van der Waals surface area contributed by atoms with E-state index in [0.717, 1.165) is 0 Å². The lowest BCUT2D eigenvalue weighted by Gasteiger charge is -2.25. The molecule has 0 fully saturated rings. The minimum atomic E-state index is -1.62. The van der Waals surface area contributed by atoms with E-state index in [-0.39, 0.29) is 18.6 Å². The van der Waals surface area contributed by atoms with Crippen LogP contribution in [0.5, 0.6) is 5.75 Å². The summed E-state index contributed by atoms with van der Waals surface area (Å²) in [5.41, 5.74) is 11.6. The molecule has 0 aliphatic carbocycles. The molecule has 2 aromatic rings. The summed E-state index contributed by atoms with van der Waals surface area (Å²) in [7, 11) is 0. The fourth-order valence-electron chi connectivity index (χ4n) is 3.41. The Morgan fingerprint density at radius 3 is 1.97 bits per heavy atom. The van der Waals surface area contributed by atoms with Crippen molar-refractivity contribution >= 4 is 35.6 Å². The van der Waals surface area contributed by atoms with E-state index in [1.807, 2.05) is 0 Å². The van der Waals surface area contributed by atoms with E-state index in [2.05, 4.69) is 25.9 Å². The first-order valence-corrected chi connectivity index (χ1v) is 11.5. The number of hydrogen-bond donors (Lipinski definition) is 9. The molecule has 4 unspecified atom stereocenters. The highest BCUT2D eigenvalue weighted by molar-refractivity contribution is 5.96. The van der Waals surface area contributed by atoms with Crippen LogP contribution in [0.3, 0.4) is 0 Å². The number of nitrogens with zero attached hydrogens (tertiary/aromatic N) is 1. The lowest BCUT2D eigenvalue weighted by molar-refractivity contribution is -0.142. The minimum absolute atomic E-state index is 0.0591. The van der Waals surface area contributed by atoms with Crippen LogP contribution in [-0.2, 0) is 41.6 Å². The number of benzene rings is 1. The molecule has 0 saturated heterocycles. The van der Waals surface area contributed by atoms with Gasteiger partial charge in [-0.05, 0) is 17.7 Å². The average molecular weight is 548 g/mol. The highest BCUT2D eigenvalue weighted by atomic mass is 16.4. The van der Waals surface area contributed by atoms with Crippen LogP contribution in [0, 0.1) is 0 Å². The van der Waals surface area contributed by atoms with Gasteiger partial charge in [-0.2, -0.15) is 0 Å². The fourth-order valence-corrected chi connectivity index (χ4v) is 3.41. The smallest absolute Gasteiger partial charge is 0.326 e. The minimum Gasteiger partial charge on any atom is -0.508 e. The van der Waals surface area contributed by atoms with Gasteiger partial charge in [0, 0.05) is 24.7 Å². The molecule has 11 N–H and O–H groups in total. The molecule has 1 heterocycles. The van der Waals surface area contributed by atoms with Crippen molar-refractivity contribution in [1.29, 1.82) is 0 Å². The molecule has 4 atom stereocenters. The summed E-state index contributed by atoms with van der Waals surface area (Å²) >= 11 is 0. The van der Waals surface area contributed by atoms with Crippen molar-refractivity contribution in [1.82, 2.24) is 25.9 Å². The molecule has 4 amide bonds. The number of nitrogens with one attached hydrogen (secondary N) is 4. The van der Waals surface area contributed by atoms with Crippen molar-refractivity contribution in [2.45, 2.75) is 49.9 Å². The largest absolute Gasteiger partial charge is 0.508 e. The number of aliphatic carboxylic acids is 2. The molecule has 0 radical (unpaired) electrons. The first-order valence-electron chi connectivity index (χ1n) is 11.5. The van der Waals surface area contributed by atoms with Gasteiger partial charge in [-0.15, -0.1) is 0 Å². The molecule has 0 bridgehead atoms. The fraction of sp³-hybridized carbons (Fsp3) is 0.348. The van der Waals surface area contributed by atoms with E-state index in [1.165, 1.54) is 36.8 Å². The number of aromatic hydroxyl groups is 1. The van der Waals surface area contributed by atoms with Gasteiger partial charge in [0.1, 0.15) is 23.9 Å². The Morgan fingerprint density at radius 2 is 1.44 bits per heavy atom. The first-order chi connectivity index (χ1) is 18.3. The quantitative estimate of drug-likeness (QED) is 0.109. The second-order valence-corrected chi connectivity index (χ2v) is 8.55. The van der Waals surface area contributed by atoms with E-state index >= 15 is 0 Å². The Bertz CT molecular complexity index is 1190. The van der Waals surface area contributed by atoms with Crippen molar-refractivity contribution in [2.24, 2.45) is 11.5 Å². The van der Waals surface area contributed by atoms with Crippen LogP contribution in [0.4, 0.5) is 0 Å². The Morgan fingerprint density at radius 1 is 0.846 bits per heavy atom. The number of imidazole rings is 1. The molecule has 0 aliphatic rings. The summed E-state index contributed by atoms with van der Waals surface area (Å²) < 4.78 is 0. The molecule has 39 heavy (non-hydrogen) atoms. The SMILES string of the molecule is NC(=O)CC(NC(=O)C(N)CC(=O)O)C(=O)NC(Cc1ccc(O)cc1)C(=O)NC(Cc1cnc[nH]1)C(=O)O. The van der Waals surface area contributed by atoms with Crippen LogP contribution in [0.1, 0.15) is 24.1 Å². The van der Waals surface area contributed by atoms with Crippen molar-refractivity contribution in [3.05, 3.63) is 48.0 Å². The van der Waals surface area contributed by atoms with Gasteiger partial charge in [-0.25, -0.2) is 9.78 Å². The molecule has 2 rings (SSSR count). The Hall–Kier alpha value is -4.99. The monoisotopic (exact) mass is 547 g/mol. The van der Waals surface area contributed by atoms with E-state index in [0.29, 0.717) is 11.3 Å². The van der Waals surface area contributed by atoms with Gasteiger partial charge in [0.25, 0.3) is 0 Å². The normalized spacial score (nSPS) is 13.8. The van der Waals surface area contributed by atoms with Gasteiger partial charge >= 0.3 is 11.9 Å². The topological polar surface area (TPSA) is 280 Å². The lowest BCUT2D eigenvalue weighted by atomic mass is 10.0. The Balaban J connectivity index is 2.26. The molecule has 0 aliphatic heterocycles. The third kappa shape index (κ3) is 10.1. The zero-order chi connectivity index (χ0) is 29.1. The number of hydrogen-bond acceptors (Lipinski definition) is 9. The number of phenolic OH excluding ortho intramolecular Hbond substituents is 1. The summed E-state index contributed by atoms with van der Waals surface area (Å²) in [4.78, 5) is 79.2. The molecule has 0 spiro atoms. The predicted molar refractivity (Wildman–Crippen MR) is 132 cm³/mol. The molecular weight excluding hydrogens is 518 g/mol. The number of aromatic nitrogens is 2. The lowest BCUT2D eigenvalue weighted by Crippen LogP contribution is -2.58. The second-order valence-electron chi connectivity index (χ2n) is 8.55. The zero-order valence-electron chi connectivity index (χ0n) is 20.5. The molecule has 1 aromatic heterocycles. The van der Waals surface area contributed by atoms with Crippen LogP contribution >= 0.6 is 0 Å². The van der Waals surface area contributed by atoms with Gasteiger partial charge in [-0.3, -0.25) is 24.0 Å². The Labute approximate surface area is 221 Å². The Kier molecular flexibility index (Phi) is 10.9. The van der Waals surface area contributed by atoms with Gasteiger partial charge in [0.2, 0.25) is 23.6 Å².